The van der Waals surface area contributed by atoms with Gasteiger partial charge in [-0.25, -0.2) is 0 Å². The number of allylic oxidation sites excluding steroid dienone is 3. The van der Waals surface area contributed by atoms with Crippen molar-refractivity contribution in [1.29, 1.82) is 0 Å². The van der Waals surface area contributed by atoms with Gasteiger partial charge in [0.1, 0.15) is 0 Å². The minimum Gasteiger partial charge on any atom is -0.504 e. The van der Waals surface area contributed by atoms with Gasteiger partial charge < -0.3 is 10.2 Å². The molecule has 0 amide bonds. The second-order valence-electron chi connectivity index (χ2n) is 5.86. The maximum atomic E-state index is 9.70. The summed E-state index contributed by atoms with van der Waals surface area (Å²) < 4.78 is 0. The average Bonchev–Trinajstić information content (AvgIpc) is 2.50. The number of aromatic hydroxyl groups is 2. The van der Waals surface area contributed by atoms with Gasteiger partial charge in [0, 0.05) is 18.0 Å². The Hall–Kier alpha value is -2.04. The monoisotopic (exact) mass is 282 g/mol. The summed E-state index contributed by atoms with van der Waals surface area (Å²) in [6.07, 6.45) is 11.9. The first-order chi connectivity index (χ1) is 10.2. The van der Waals surface area contributed by atoms with Crippen molar-refractivity contribution in [2.45, 2.75) is 24.7 Å². The molecule has 4 heteroatoms. The summed E-state index contributed by atoms with van der Waals surface area (Å²) in [6.45, 7) is 0. The topological polar surface area (TPSA) is 64.5 Å². The third-order valence-corrected chi connectivity index (χ3v) is 4.59. The Morgan fingerprint density at radius 2 is 2.00 bits per heavy atom. The highest BCUT2D eigenvalue weighted by Crippen LogP contribution is 2.37. The van der Waals surface area contributed by atoms with Crippen molar-refractivity contribution in [3.63, 3.8) is 0 Å². The van der Waals surface area contributed by atoms with Crippen LogP contribution in [0.5, 0.6) is 11.5 Å². The summed E-state index contributed by atoms with van der Waals surface area (Å²) in [7, 11) is 0. The minimum atomic E-state index is -0.0872. The van der Waals surface area contributed by atoms with E-state index in [0.717, 1.165) is 12.0 Å². The molecule has 21 heavy (non-hydrogen) atoms. The molecule has 4 unspecified atom stereocenters. The summed E-state index contributed by atoms with van der Waals surface area (Å²) in [5.74, 6) is 0.291. The summed E-state index contributed by atoms with van der Waals surface area (Å²) in [6, 6.07) is 5.66. The molecular weight excluding hydrogens is 264 g/mol. The van der Waals surface area contributed by atoms with E-state index in [4.69, 9.17) is 0 Å². The SMILES string of the molecule is Oc1ccc(C2NC3C=CC=C4C=CCC(N2)C43)cc1O. The zero-order valence-electron chi connectivity index (χ0n) is 11.5. The predicted molar refractivity (Wildman–Crippen MR) is 80.8 cm³/mol. The van der Waals surface area contributed by atoms with Crippen LogP contribution < -0.4 is 10.6 Å². The van der Waals surface area contributed by atoms with Crippen LogP contribution in [-0.4, -0.2) is 22.3 Å². The molecule has 1 aromatic carbocycles. The lowest BCUT2D eigenvalue weighted by atomic mass is 9.75. The lowest BCUT2D eigenvalue weighted by Crippen LogP contribution is -2.59. The van der Waals surface area contributed by atoms with Gasteiger partial charge in [0.05, 0.1) is 6.17 Å². The lowest BCUT2D eigenvalue weighted by Gasteiger charge is -2.46. The fraction of sp³-hybridized carbons (Fsp3) is 0.294. The average molecular weight is 282 g/mol. The van der Waals surface area contributed by atoms with Crippen LogP contribution in [0.4, 0.5) is 0 Å². The van der Waals surface area contributed by atoms with Crippen molar-refractivity contribution in [3.8, 4) is 11.5 Å². The second-order valence-corrected chi connectivity index (χ2v) is 5.86. The zero-order chi connectivity index (χ0) is 14.4. The predicted octanol–water partition coefficient (Wildman–Crippen LogP) is 2.10. The van der Waals surface area contributed by atoms with Crippen molar-refractivity contribution in [3.05, 3.63) is 59.7 Å². The van der Waals surface area contributed by atoms with Crippen LogP contribution in [0.2, 0.25) is 0 Å². The van der Waals surface area contributed by atoms with Gasteiger partial charge in [-0.3, -0.25) is 10.6 Å². The third-order valence-electron chi connectivity index (χ3n) is 4.59. The van der Waals surface area contributed by atoms with Gasteiger partial charge in [0.25, 0.3) is 0 Å². The molecule has 1 aromatic rings. The Labute approximate surface area is 123 Å². The number of benzene rings is 1. The number of nitrogens with one attached hydrogen (secondary N) is 2. The van der Waals surface area contributed by atoms with Crippen molar-refractivity contribution in [2.75, 3.05) is 0 Å². The van der Waals surface area contributed by atoms with Crippen LogP contribution in [0.1, 0.15) is 18.2 Å². The van der Waals surface area contributed by atoms with E-state index in [1.54, 1.807) is 6.07 Å². The van der Waals surface area contributed by atoms with Gasteiger partial charge in [-0.1, -0.05) is 36.4 Å². The van der Waals surface area contributed by atoms with Crippen molar-refractivity contribution < 1.29 is 10.2 Å². The smallest absolute Gasteiger partial charge is 0.157 e. The molecule has 0 radical (unpaired) electrons. The normalized spacial score (nSPS) is 33.4. The van der Waals surface area contributed by atoms with E-state index >= 15 is 0 Å². The van der Waals surface area contributed by atoms with Crippen LogP contribution in [0.3, 0.4) is 0 Å². The first kappa shape index (κ1) is 12.7. The number of rotatable bonds is 1. The number of hydrogen-bond acceptors (Lipinski definition) is 4. The van der Waals surface area contributed by atoms with Crippen molar-refractivity contribution in [1.82, 2.24) is 10.6 Å². The molecular formula is C17H18N2O2. The molecule has 1 aliphatic heterocycles. The molecule has 108 valence electrons. The van der Waals surface area contributed by atoms with E-state index < -0.39 is 0 Å². The fourth-order valence-corrected chi connectivity index (χ4v) is 3.57. The van der Waals surface area contributed by atoms with Crippen LogP contribution in [0.25, 0.3) is 0 Å². The van der Waals surface area contributed by atoms with Gasteiger partial charge in [0.15, 0.2) is 11.5 Å². The summed E-state index contributed by atoms with van der Waals surface area (Å²) >= 11 is 0. The Morgan fingerprint density at radius 1 is 1.10 bits per heavy atom. The molecule has 1 heterocycles. The van der Waals surface area contributed by atoms with E-state index in [1.807, 2.05) is 6.07 Å². The maximum absolute atomic E-state index is 9.70. The standard InChI is InChI=1S/C17H18N2O2/c20-14-8-7-11(9-15(14)21)17-18-12-5-1-3-10-4-2-6-13(19-17)16(10)12/h1-5,7-9,12-13,16-21H,6H2. The van der Waals surface area contributed by atoms with E-state index in [9.17, 15) is 10.2 Å². The highest BCUT2D eigenvalue weighted by atomic mass is 16.3. The van der Waals surface area contributed by atoms with Gasteiger partial charge >= 0.3 is 0 Å². The van der Waals surface area contributed by atoms with Crippen LogP contribution in [0.15, 0.2) is 54.2 Å². The second kappa shape index (κ2) is 4.76. The van der Waals surface area contributed by atoms with Crippen LogP contribution >= 0.6 is 0 Å². The van der Waals surface area contributed by atoms with E-state index in [-0.39, 0.29) is 17.7 Å². The van der Waals surface area contributed by atoms with Crippen LogP contribution in [-0.2, 0) is 0 Å². The summed E-state index contributed by atoms with van der Waals surface area (Å²) in [5, 5.41) is 26.4. The van der Waals surface area contributed by atoms with Gasteiger partial charge in [-0.15, -0.1) is 0 Å². The summed E-state index contributed by atoms with van der Waals surface area (Å²) in [4.78, 5) is 0. The number of phenolic OH excluding ortho intramolecular Hbond substituents is 2. The van der Waals surface area contributed by atoms with Crippen LogP contribution in [0, 0.1) is 5.92 Å². The van der Waals surface area contributed by atoms with E-state index in [2.05, 4.69) is 41.0 Å². The number of hydrogen-bond donors (Lipinski definition) is 4. The van der Waals surface area contributed by atoms with Crippen molar-refractivity contribution in [2.24, 2.45) is 5.92 Å². The van der Waals surface area contributed by atoms with Gasteiger partial charge in [0.2, 0.25) is 0 Å². The van der Waals surface area contributed by atoms with E-state index in [0.29, 0.717) is 18.0 Å². The Morgan fingerprint density at radius 3 is 2.86 bits per heavy atom. The lowest BCUT2D eigenvalue weighted by molar-refractivity contribution is 0.207. The van der Waals surface area contributed by atoms with Gasteiger partial charge in [-0.05, 0) is 29.7 Å². The maximum Gasteiger partial charge on any atom is 0.157 e. The molecule has 4 atom stereocenters. The molecule has 2 aliphatic carbocycles. The first-order valence-electron chi connectivity index (χ1n) is 7.31. The molecule has 0 bridgehead atoms. The molecule has 4 N–H and O–H groups in total. The number of phenols is 2. The highest BCUT2D eigenvalue weighted by Gasteiger charge is 2.39. The molecule has 0 spiro atoms. The fourth-order valence-electron chi connectivity index (χ4n) is 3.57. The largest absolute Gasteiger partial charge is 0.504 e. The van der Waals surface area contributed by atoms with Crippen molar-refractivity contribution >= 4 is 0 Å². The quantitative estimate of drug-likeness (QED) is 0.596. The highest BCUT2D eigenvalue weighted by molar-refractivity contribution is 5.43. The Bertz CT molecular complexity index is 663. The minimum absolute atomic E-state index is 0.0294. The molecule has 0 aromatic heterocycles. The van der Waals surface area contributed by atoms with Gasteiger partial charge in [-0.2, -0.15) is 0 Å². The molecule has 0 saturated carbocycles. The third kappa shape index (κ3) is 2.07. The Balaban J connectivity index is 1.65. The molecule has 4 nitrogen and oxygen atoms in total. The molecule has 1 saturated heterocycles. The van der Waals surface area contributed by atoms with E-state index in [1.165, 1.54) is 11.6 Å². The molecule has 4 rings (SSSR count). The summed E-state index contributed by atoms with van der Waals surface area (Å²) in [5.41, 5.74) is 2.30. The first-order valence-corrected chi connectivity index (χ1v) is 7.31. The zero-order valence-corrected chi connectivity index (χ0v) is 11.5. The Kier molecular flexibility index (Phi) is 2.87. The molecule has 1 fully saturated rings. The molecule has 3 aliphatic rings.